The van der Waals surface area contributed by atoms with E-state index in [2.05, 4.69) is 78.2 Å². The number of carbonyl (C=O) groups is 1. The summed E-state index contributed by atoms with van der Waals surface area (Å²) in [5.41, 5.74) is 0.429. The van der Waals surface area contributed by atoms with Gasteiger partial charge in [-0.1, -0.05) is 118 Å². The summed E-state index contributed by atoms with van der Waals surface area (Å²) in [5, 5.41) is 9.43. The number of benzene rings is 3. The molecule has 0 aliphatic heterocycles. The number of rotatable bonds is 11. The molecule has 0 spiro atoms. The molecule has 5 rings (SSSR count). The molecule has 1 aliphatic rings. The van der Waals surface area contributed by atoms with Crippen molar-refractivity contribution in [3.8, 4) is 0 Å². The van der Waals surface area contributed by atoms with Crippen LogP contribution in [0.1, 0.15) is 52.5 Å². The first-order valence-electron chi connectivity index (χ1n) is 15.6. The minimum Gasteiger partial charge on any atom is -0.377 e. The Balaban J connectivity index is 1.36. The molecule has 4 atom stereocenters. The Labute approximate surface area is 262 Å². The Morgan fingerprint density at radius 3 is 1.84 bits per heavy atom. The largest absolute Gasteiger partial charge is 0.377 e. The van der Waals surface area contributed by atoms with E-state index in [1.165, 1.54) is 10.6 Å². The highest BCUT2D eigenvalue weighted by Crippen LogP contribution is 2.51. The van der Waals surface area contributed by atoms with E-state index in [9.17, 15) is 14.4 Å². The van der Waals surface area contributed by atoms with Gasteiger partial charge >= 0.3 is 0 Å². The normalized spacial score (nSPS) is 18.2. The number of amides is 1. The first-order valence-corrected chi connectivity index (χ1v) is 17.0. The second-order valence-corrected chi connectivity index (χ2v) is 15.6. The average molecular weight is 610 g/mol. The van der Waals surface area contributed by atoms with Crippen LogP contribution in [0, 0.1) is 11.3 Å². The quantitative estimate of drug-likeness (QED) is 0.164. The fourth-order valence-corrected chi connectivity index (χ4v) is 9.81. The molecule has 0 radical (unpaired) electrons. The SMILES string of the molecule is C[C@@H](Nc1c(N[C@@H](C(=O)N(C)Cc2ccccc2)C(C)(C)C)c(=O)c1=O)C1CCCC1P(c1ccccc1)c1ccccc1. The molecule has 0 heterocycles. The number of hydrogen-bond acceptors (Lipinski definition) is 5. The lowest BCUT2D eigenvalue weighted by Gasteiger charge is -2.36. The third-order valence-electron chi connectivity index (χ3n) is 8.90. The van der Waals surface area contributed by atoms with Crippen LogP contribution in [0.25, 0.3) is 0 Å². The molecule has 0 bridgehead atoms. The molecule has 1 saturated carbocycles. The van der Waals surface area contributed by atoms with E-state index in [1.807, 2.05) is 51.1 Å². The number of hydrogen-bond donors (Lipinski definition) is 2. The van der Waals surface area contributed by atoms with Crippen LogP contribution in [0.5, 0.6) is 0 Å². The summed E-state index contributed by atoms with van der Waals surface area (Å²) >= 11 is 0. The highest BCUT2D eigenvalue weighted by atomic mass is 31.1. The molecule has 2 unspecified atom stereocenters. The van der Waals surface area contributed by atoms with E-state index in [0.29, 0.717) is 23.8 Å². The first-order chi connectivity index (χ1) is 21.1. The second-order valence-electron chi connectivity index (χ2n) is 13.2. The molecule has 7 heteroatoms. The zero-order valence-corrected chi connectivity index (χ0v) is 27.3. The number of carbonyl (C=O) groups excluding carboxylic acids is 1. The second kappa shape index (κ2) is 13.5. The van der Waals surface area contributed by atoms with Gasteiger partial charge in [-0.25, -0.2) is 0 Å². The van der Waals surface area contributed by atoms with Crippen LogP contribution in [0.3, 0.4) is 0 Å². The van der Waals surface area contributed by atoms with Gasteiger partial charge in [0.2, 0.25) is 5.91 Å². The van der Waals surface area contributed by atoms with E-state index in [1.54, 1.807) is 11.9 Å². The van der Waals surface area contributed by atoms with Crippen molar-refractivity contribution in [1.29, 1.82) is 0 Å². The summed E-state index contributed by atoms with van der Waals surface area (Å²) in [6.07, 6.45) is 3.31. The van der Waals surface area contributed by atoms with Crippen LogP contribution in [-0.4, -0.2) is 35.6 Å². The van der Waals surface area contributed by atoms with Crippen molar-refractivity contribution in [2.24, 2.45) is 11.3 Å². The highest BCUT2D eigenvalue weighted by Gasteiger charge is 2.40. The molecule has 0 aromatic heterocycles. The number of nitrogens with zero attached hydrogens (tertiary/aromatic N) is 1. The summed E-state index contributed by atoms with van der Waals surface area (Å²) in [6, 6.07) is 30.7. The van der Waals surface area contributed by atoms with E-state index in [4.69, 9.17) is 0 Å². The Hall–Kier alpha value is -3.76. The Bertz CT molecular complexity index is 1570. The van der Waals surface area contributed by atoms with Gasteiger partial charge in [-0.15, -0.1) is 0 Å². The van der Waals surface area contributed by atoms with Gasteiger partial charge in [0.25, 0.3) is 10.9 Å². The van der Waals surface area contributed by atoms with Crippen molar-refractivity contribution in [2.75, 3.05) is 17.7 Å². The van der Waals surface area contributed by atoms with E-state index in [0.717, 1.165) is 24.8 Å². The maximum atomic E-state index is 13.7. The predicted octanol–water partition coefficient (Wildman–Crippen LogP) is 5.87. The summed E-state index contributed by atoms with van der Waals surface area (Å²) in [6.45, 7) is 8.50. The molecule has 1 amide bonds. The molecule has 4 aromatic carbocycles. The third-order valence-corrected chi connectivity index (χ3v) is 11.9. The van der Waals surface area contributed by atoms with Gasteiger partial charge in [0.15, 0.2) is 0 Å². The van der Waals surface area contributed by atoms with Crippen LogP contribution in [0.15, 0.2) is 101 Å². The van der Waals surface area contributed by atoms with Gasteiger partial charge in [0.1, 0.15) is 17.4 Å². The van der Waals surface area contributed by atoms with Crippen molar-refractivity contribution in [3.05, 3.63) is 117 Å². The molecular formula is C37H44N3O3P. The molecule has 44 heavy (non-hydrogen) atoms. The summed E-state index contributed by atoms with van der Waals surface area (Å²) in [7, 11) is 1.17. The fourth-order valence-electron chi connectivity index (χ4n) is 6.53. The Kier molecular flexibility index (Phi) is 9.70. The minimum atomic E-state index is -0.682. The molecule has 6 nitrogen and oxygen atoms in total. The molecule has 230 valence electrons. The van der Waals surface area contributed by atoms with Gasteiger partial charge in [-0.05, 0) is 60.9 Å². The van der Waals surface area contributed by atoms with Crippen LogP contribution in [0.4, 0.5) is 11.4 Å². The lowest BCUT2D eigenvalue weighted by Crippen LogP contribution is -2.51. The van der Waals surface area contributed by atoms with E-state index >= 15 is 0 Å². The molecule has 4 aromatic rings. The fraction of sp³-hybridized carbons (Fsp3) is 0.378. The predicted molar refractivity (Wildman–Crippen MR) is 184 cm³/mol. The van der Waals surface area contributed by atoms with Crippen molar-refractivity contribution in [1.82, 2.24) is 4.90 Å². The third kappa shape index (κ3) is 6.81. The lowest BCUT2D eigenvalue weighted by molar-refractivity contribution is -0.133. The van der Waals surface area contributed by atoms with Crippen LogP contribution < -0.4 is 32.1 Å². The maximum absolute atomic E-state index is 13.7. The monoisotopic (exact) mass is 609 g/mol. The molecule has 1 fully saturated rings. The smallest absolute Gasteiger partial charge is 0.253 e. The van der Waals surface area contributed by atoms with Crippen molar-refractivity contribution >= 4 is 35.8 Å². The van der Waals surface area contributed by atoms with Gasteiger partial charge in [-0.3, -0.25) is 14.4 Å². The standard InChI is InChI=1S/C37H44N3O3P/c1-25(29-22-15-23-30(29)44(27-18-11-7-12-19-27)28-20-13-8-14-21-28)38-31-32(34(42)33(31)41)39-35(37(2,3)4)36(43)40(5)24-26-16-9-6-10-17-26/h6-14,16-21,25,29-30,35,38-39H,15,22-24H2,1-5H3/t25-,29?,30?,35+/m1/s1. The van der Waals surface area contributed by atoms with Crippen molar-refractivity contribution in [3.63, 3.8) is 0 Å². The minimum absolute atomic E-state index is 0.0201. The number of anilines is 2. The first kappa shape index (κ1) is 31.7. The average Bonchev–Trinajstić information content (AvgIpc) is 3.50. The number of nitrogens with one attached hydrogen (secondary N) is 2. The van der Waals surface area contributed by atoms with Crippen LogP contribution >= 0.6 is 7.92 Å². The summed E-state index contributed by atoms with van der Waals surface area (Å²) in [5.74, 6) is 0.205. The topological polar surface area (TPSA) is 78.5 Å². The van der Waals surface area contributed by atoms with Crippen molar-refractivity contribution in [2.45, 2.75) is 71.2 Å². The zero-order valence-electron chi connectivity index (χ0n) is 26.4. The van der Waals surface area contributed by atoms with Crippen molar-refractivity contribution < 1.29 is 4.79 Å². The van der Waals surface area contributed by atoms with Crippen LogP contribution in [-0.2, 0) is 11.3 Å². The van der Waals surface area contributed by atoms with Gasteiger partial charge in [-0.2, -0.15) is 0 Å². The molecular weight excluding hydrogens is 565 g/mol. The van der Waals surface area contributed by atoms with E-state index < -0.39 is 30.2 Å². The van der Waals surface area contributed by atoms with Gasteiger partial charge in [0, 0.05) is 19.6 Å². The molecule has 1 aliphatic carbocycles. The molecule has 2 N–H and O–H groups in total. The van der Waals surface area contributed by atoms with Gasteiger partial charge < -0.3 is 15.5 Å². The Morgan fingerprint density at radius 2 is 1.32 bits per heavy atom. The maximum Gasteiger partial charge on any atom is 0.253 e. The van der Waals surface area contributed by atoms with E-state index in [-0.39, 0.29) is 17.6 Å². The lowest BCUT2D eigenvalue weighted by atomic mass is 9.85. The Morgan fingerprint density at radius 1 is 0.818 bits per heavy atom. The van der Waals surface area contributed by atoms with Gasteiger partial charge in [0.05, 0.1) is 0 Å². The summed E-state index contributed by atoms with van der Waals surface area (Å²) in [4.78, 5) is 41.3. The summed E-state index contributed by atoms with van der Waals surface area (Å²) < 4.78 is 0. The van der Waals surface area contributed by atoms with Crippen LogP contribution in [0.2, 0.25) is 0 Å². The zero-order chi connectivity index (χ0) is 31.4. The molecule has 0 saturated heterocycles. The highest BCUT2D eigenvalue weighted by molar-refractivity contribution is 7.73. The number of likely N-dealkylation sites (N-methyl/N-ethyl adjacent to an activating group) is 1.